The zero-order valence-electron chi connectivity index (χ0n) is 12.2. The van der Waals surface area contributed by atoms with Crippen molar-refractivity contribution in [1.29, 1.82) is 0 Å². The SMILES string of the molecule is CC1CN(c2c(Cl)cccc2CNC2CC2)C(C)CO1. The van der Waals surface area contributed by atoms with Crippen LogP contribution in [0.1, 0.15) is 32.3 Å². The molecule has 3 rings (SSSR count). The predicted octanol–water partition coefficient (Wildman–Crippen LogP) is 3.21. The monoisotopic (exact) mass is 294 g/mol. The standard InChI is InChI=1S/C16H23ClN2O/c1-11-10-20-12(2)9-19(11)16-13(4-3-5-15(16)17)8-18-14-6-7-14/h3-5,11-12,14,18H,6-10H2,1-2H3. The molecule has 2 atom stereocenters. The highest BCUT2D eigenvalue weighted by Gasteiger charge is 2.27. The second-order valence-corrected chi connectivity index (χ2v) is 6.46. The maximum Gasteiger partial charge on any atom is 0.0723 e. The topological polar surface area (TPSA) is 24.5 Å². The summed E-state index contributed by atoms with van der Waals surface area (Å²) in [6.07, 6.45) is 2.87. The number of ether oxygens (including phenoxy) is 1. The first-order valence-corrected chi connectivity index (χ1v) is 7.92. The molecule has 0 bridgehead atoms. The van der Waals surface area contributed by atoms with Gasteiger partial charge in [0.2, 0.25) is 0 Å². The van der Waals surface area contributed by atoms with Gasteiger partial charge in [-0.05, 0) is 38.3 Å². The molecule has 0 spiro atoms. The minimum Gasteiger partial charge on any atom is -0.375 e. The average molecular weight is 295 g/mol. The molecule has 2 fully saturated rings. The Balaban J connectivity index is 1.85. The molecule has 1 aliphatic heterocycles. The van der Waals surface area contributed by atoms with E-state index in [1.807, 2.05) is 12.1 Å². The number of anilines is 1. The van der Waals surface area contributed by atoms with Crippen molar-refractivity contribution in [2.45, 2.75) is 51.4 Å². The van der Waals surface area contributed by atoms with Crippen molar-refractivity contribution in [3.63, 3.8) is 0 Å². The number of morpholine rings is 1. The molecule has 1 aromatic rings. The highest BCUT2D eigenvalue weighted by Crippen LogP contribution is 2.33. The fourth-order valence-electron chi connectivity index (χ4n) is 2.78. The molecule has 0 radical (unpaired) electrons. The van der Waals surface area contributed by atoms with E-state index in [4.69, 9.17) is 16.3 Å². The lowest BCUT2D eigenvalue weighted by Gasteiger charge is -2.40. The van der Waals surface area contributed by atoms with Crippen LogP contribution in [-0.2, 0) is 11.3 Å². The van der Waals surface area contributed by atoms with Crippen molar-refractivity contribution in [2.24, 2.45) is 0 Å². The van der Waals surface area contributed by atoms with Crippen molar-refractivity contribution >= 4 is 17.3 Å². The molecule has 1 aliphatic carbocycles. The summed E-state index contributed by atoms with van der Waals surface area (Å²) in [4.78, 5) is 2.40. The van der Waals surface area contributed by atoms with Gasteiger partial charge in [0.25, 0.3) is 0 Å². The summed E-state index contributed by atoms with van der Waals surface area (Å²) in [5.74, 6) is 0. The molecular formula is C16H23ClN2O. The summed E-state index contributed by atoms with van der Waals surface area (Å²) in [7, 11) is 0. The molecule has 1 saturated carbocycles. The van der Waals surface area contributed by atoms with Crippen LogP contribution in [0.5, 0.6) is 0 Å². The number of nitrogens with zero attached hydrogens (tertiary/aromatic N) is 1. The first kappa shape index (κ1) is 14.2. The molecule has 0 amide bonds. The van der Waals surface area contributed by atoms with E-state index in [1.54, 1.807) is 0 Å². The molecular weight excluding hydrogens is 272 g/mol. The number of benzene rings is 1. The van der Waals surface area contributed by atoms with Gasteiger partial charge in [-0.3, -0.25) is 0 Å². The van der Waals surface area contributed by atoms with Crippen LogP contribution in [0.15, 0.2) is 18.2 Å². The molecule has 2 unspecified atom stereocenters. The Labute approximate surface area is 126 Å². The van der Waals surface area contributed by atoms with Crippen LogP contribution >= 0.6 is 11.6 Å². The van der Waals surface area contributed by atoms with E-state index in [-0.39, 0.29) is 6.10 Å². The van der Waals surface area contributed by atoms with Gasteiger partial charge in [0.1, 0.15) is 0 Å². The third-order valence-corrected chi connectivity index (χ3v) is 4.43. The van der Waals surface area contributed by atoms with Crippen LogP contribution in [0.25, 0.3) is 0 Å². The molecule has 2 aliphatic rings. The predicted molar refractivity (Wildman–Crippen MR) is 83.5 cm³/mol. The number of nitrogens with one attached hydrogen (secondary N) is 1. The van der Waals surface area contributed by atoms with E-state index in [9.17, 15) is 0 Å². The normalized spacial score (nSPS) is 26.9. The van der Waals surface area contributed by atoms with E-state index < -0.39 is 0 Å². The van der Waals surface area contributed by atoms with Gasteiger partial charge in [0.15, 0.2) is 0 Å². The number of para-hydroxylation sites is 1. The zero-order chi connectivity index (χ0) is 14.1. The number of rotatable bonds is 4. The molecule has 110 valence electrons. The van der Waals surface area contributed by atoms with Crippen molar-refractivity contribution in [1.82, 2.24) is 5.32 Å². The molecule has 1 aromatic carbocycles. The van der Waals surface area contributed by atoms with Gasteiger partial charge in [-0.1, -0.05) is 23.7 Å². The molecule has 1 saturated heterocycles. The van der Waals surface area contributed by atoms with E-state index in [0.29, 0.717) is 12.1 Å². The molecule has 0 aromatic heterocycles. The zero-order valence-corrected chi connectivity index (χ0v) is 13.0. The molecule has 4 heteroatoms. The Kier molecular flexibility index (Phi) is 4.20. The Bertz CT molecular complexity index is 476. The Morgan fingerprint density at radius 2 is 2.15 bits per heavy atom. The summed E-state index contributed by atoms with van der Waals surface area (Å²) in [6.45, 7) is 6.90. The molecule has 20 heavy (non-hydrogen) atoms. The second-order valence-electron chi connectivity index (χ2n) is 6.05. The highest BCUT2D eigenvalue weighted by atomic mass is 35.5. The number of hydrogen-bond acceptors (Lipinski definition) is 3. The van der Waals surface area contributed by atoms with Crippen LogP contribution in [0.3, 0.4) is 0 Å². The van der Waals surface area contributed by atoms with E-state index in [2.05, 4.69) is 30.1 Å². The summed E-state index contributed by atoms with van der Waals surface area (Å²) >= 11 is 6.50. The Hall–Kier alpha value is -0.770. The Morgan fingerprint density at radius 3 is 2.90 bits per heavy atom. The fraction of sp³-hybridized carbons (Fsp3) is 0.625. The van der Waals surface area contributed by atoms with Gasteiger partial charge < -0.3 is 15.0 Å². The van der Waals surface area contributed by atoms with Gasteiger partial charge in [0.05, 0.1) is 23.4 Å². The first-order chi connectivity index (χ1) is 9.65. The van der Waals surface area contributed by atoms with E-state index >= 15 is 0 Å². The second kappa shape index (κ2) is 5.92. The highest BCUT2D eigenvalue weighted by molar-refractivity contribution is 6.33. The van der Waals surface area contributed by atoms with Crippen LogP contribution in [0.4, 0.5) is 5.69 Å². The average Bonchev–Trinajstić information content (AvgIpc) is 3.24. The smallest absolute Gasteiger partial charge is 0.0723 e. The van der Waals surface area contributed by atoms with E-state index in [0.717, 1.165) is 24.7 Å². The van der Waals surface area contributed by atoms with E-state index in [1.165, 1.54) is 24.1 Å². The lowest BCUT2D eigenvalue weighted by molar-refractivity contribution is 0.0343. The Morgan fingerprint density at radius 1 is 1.35 bits per heavy atom. The summed E-state index contributed by atoms with van der Waals surface area (Å²) in [5.41, 5.74) is 2.48. The number of halogens is 1. The van der Waals surface area contributed by atoms with Gasteiger partial charge >= 0.3 is 0 Å². The molecule has 3 nitrogen and oxygen atoms in total. The lowest BCUT2D eigenvalue weighted by Crippen LogP contribution is -2.48. The van der Waals surface area contributed by atoms with Gasteiger partial charge in [-0.15, -0.1) is 0 Å². The van der Waals surface area contributed by atoms with Crippen molar-refractivity contribution in [2.75, 3.05) is 18.1 Å². The van der Waals surface area contributed by atoms with Gasteiger partial charge in [-0.2, -0.15) is 0 Å². The first-order valence-electron chi connectivity index (χ1n) is 7.54. The maximum absolute atomic E-state index is 6.50. The van der Waals surface area contributed by atoms with Crippen LogP contribution in [0, 0.1) is 0 Å². The van der Waals surface area contributed by atoms with Crippen molar-refractivity contribution < 1.29 is 4.74 Å². The maximum atomic E-state index is 6.50. The largest absolute Gasteiger partial charge is 0.375 e. The van der Waals surface area contributed by atoms with Crippen LogP contribution in [-0.4, -0.2) is 31.3 Å². The van der Waals surface area contributed by atoms with Crippen LogP contribution in [0.2, 0.25) is 5.02 Å². The minimum atomic E-state index is 0.256. The summed E-state index contributed by atoms with van der Waals surface area (Å²) < 4.78 is 5.73. The van der Waals surface area contributed by atoms with Gasteiger partial charge in [-0.25, -0.2) is 0 Å². The third-order valence-electron chi connectivity index (χ3n) is 4.12. The third kappa shape index (κ3) is 3.11. The fourth-order valence-corrected chi connectivity index (χ4v) is 3.08. The quantitative estimate of drug-likeness (QED) is 0.923. The molecule has 1 N–H and O–H groups in total. The number of hydrogen-bond donors (Lipinski definition) is 1. The lowest BCUT2D eigenvalue weighted by atomic mass is 10.1. The summed E-state index contributed by atoms with van der Waals surface area (Å²) in [6, 6.07) is 7.30. The molecule has 1 heterocycles. The van der Waals surface area contributed by atoms with Crippen molar-refractivity contribution in [3.8, 4) is 0 Å². The van der Waals surface area contributed by atoms with Gasteiger partial charge in [0, 0.05) is 25.2 Å². The van der Waals surface area contributed by atoms with Crippen molar-refractivity contribution in [3.05, 3.63) is 28.8 Å². The van der Waals surface area contributed by atoms with Crippen LogP contribution < -0.4 is 10.2 Å². The summed E-state index contributed by atoms with van der Waals surface area (Å²) in [5, 5.41) is 4.44. The minimum absolute atomic E-state index is 0.256.